The van der Waals surface area contributed by atoms with E-state index in [9.17, 15) is 13.2 Å². The summed E-state index contributed by atoms with van der Waals surface area (Å²) in [5, 5.41) is 3.31. The van der Waals surface area contributed by atoms with E-state index in [0.717, 1.165) is 38.1 Å². The van der Waals surface area contributed by atoms with Crippen molar-refractivity contribution < 1.29 is 17.9 Å². The molecule has 21 heavy (non-hydrogen) atoms. The number of nitrogens with zero attached hydrogens (tertiary/aromatic N) is 4. The van der Waals surface area contributed by atoms with Crippen LogP contribution in [0.1, 0.15) is 18.4 Å². The first-order valence-electron chi connectivity index (χ1n) is 6.51. The Morgan fingerprint density at radius 3 is 2.57 bits per heavy atom. The molecule has 0 saturated carbocycles. The molecule has 1 fully saturated rings. The van der Waals surface area contributed by atoms with E-state index < -0.39 is 11.7 Å². The Labute approximate surface area is 119 Å². The van der Waals surface area contributed by atoms with Crippen LogP contribution in [0.4, 0.5) is 18.9 Å². The molecule has 0 aromatic heterocycles. The SMILES string of the molecule is CN1CCC(Oc2ccc(C(F)(F)F)cc2N=[N+]=[N-])CC1. The number of azide groups is 1. The Bertz CT molecular complexity index is 547. The van der Waals surface area contributed by atoms with Crippen LogP contribution in [-0.4, -0.2) is 31.1 Å². The lowest BCUT2D eigenvalue weighted by atomic mass is 10.1. The standard InChI is InChI=1S/C13H15F3N4O/c1-20-6-4-10(5-7-20)21-12-3-2-9(13(14,15)16)8-11(12)18-19-17/h2-3,8,10H,4-7H2,1H3. The van der Waals surface area contributed by atoms with Crippen molar-refractivity contribution in [3.05, 3.63) is 34.2 Å². The maximum absolute atomic E-state index is 12.7. The van der Waals surface area contributed by atoms with Crippen LogP contribution >= 0.6 is 0 Å². The fraction of sp³-hybridized carbons (Fsp3) is 0.538. The quantitative estimate of drug-likeness (QED) is 0.479. The minimum atomic E-state index is -4.48. The van der Waals surface area contributed by atoms with Crippen LogP contribution in [0.2, 0.25) is 0 Å². The number of rotatable bonds is 3. The molecule has 0 aliphatic carbocycles. The van der Waals surface area contributed by atoms with Gasteiger partial charge in [-0.15, -0.1) is 0 Å². The van der Waals surface area contributed by atoms with Gasteiger partial charge < -0.3 is 9.64 Å². The van der Waals surface area contributed by atoms with E-state index in [2.05, 4.69) is 14.9 Å². The molecule has 0 N–H and O–H groups in total. The molecular formula is C13H15F3N4O. The lowest BCUT2D eigenvalue weighted by Gasteiger charge is -2.29. The lowest BCUT2D eigenvalue weighted by Crippen LogP contribution is -2.35. The topological polar surface area (TPSA) is 61.2 Å². The van der Waals surface area contributed by atoms with E-state index in [0.29, 0.717) is 0 Å². The van der Waals surface area contributed by atoms with E-state index in [-0.39, 0.29) is 17.5 Å². The van der Waals surface area contributed by atoms with Crippen LogP contribution in [0.25, 0.3) is 10.4 Å². The molecule has 2 rings (SSSR count). The molecule has 1 aromatic carbocycles. The number of ether oxygens (including phenoxy) is 1. The Balaban J connectivity index is 2.20. The second-order valence-corrected chi connectivity index (χ2v) is 4.99. The van der Waals surface area contributed by atoms with Gasteiger partial charge in [-0.2, -0.15) is 13.2 Å². The minimum Gasteiger partial charge on any atom is -0.490 e. The zero-order chi connectivity index (χ0) is 15.5. The third kappa shape index (κ3) is 4.03. The molecular weight excluding hydrogens is 285 g/mol. The van der Waals surface area contributed by atoms with Crippen molar-refractivity contribution in [3.63, 3.8) is 0 Å². The summed E-state index contributed by atoms with van der Waals surface area (Å²) in [4.78, 5) is 4.72. The van der Waals surface area contributed by atoms with E-state index >= 15 is 0 Å². The van der Waals surface area contributed by atoms with Gasteiger partial charge >= 0.3 is 6.18 Å². The van der Waals surface area contributed by atoms with Crippen molar-refractivity contribution in [1.29, 1.82) is 0 Å². The molecule has 1 saturated heterocycles. The van der Waals surface area contributed by atoms with Crippen LogP contribution in [0.5, 0.6) is 5.75 Å². The largest absolute Gasteiger partial charge is 0.490 e. The summed E-state index contributed by atoms with van der Waals surface area (Å²) < 4.78 is 43.7. The number of likely N-dealkylation sites (tertiary alicyclic amines) is 1. The van der Waals surface area contributed by atoms with E-state index in [4.69, 9.17) is 10.3 Å². The number of piperidine rings is 1. The predicted molar refractivity (Wildman–Crippen MR) is 71.4 cm³/mol. The van der Waals surface area contributed by atoms with Gasteiger partial charge in [0.05, 0.1) is 11.3 Å². The van der Waals surface area contributed by atoms with Gasteiger partial charge in [-0.1, -0.05) is 5.11 Å². The fourth-order valence-electron chi connectivity index (χ4n) is 2.20. The molecule has 0 radical (unpaired) electrons. The Kier molecular flexibility index (Phi) is 4.59. The number of hydrogen-bond acceptors (Lipinski definition) is 3. The molecule has 5 nitrogen and oxygen atoms in total. The first-order chi connectivity index (χ1) is 9.90. The van der Waals surface area contributed by atoms with Crippen molar-refractivity contribution >= 4 is 5.69 Å². The fourth-order valence-corrected chi connectivity index (χ4v) is 2.20. The minimum absolute atomic E-state index is 0.0782. The van der Waals surface area contributed by atoms with Crippen LogP contribution in [0, 0.1) is 0 Å². The van der Waals surface area contributed by atoms with Crippen LogP contribution in [-0.2, 0) is 6.18 Å². The van der Waals surface area contributed by atoms with Gasteiger partial charge in [-0.25, -0.2) is 0 Å². The summed E-state index contributed by atoms with van der Waals surface area (Å²) in [6, 6.07) is 2.95. The maximum atomic E-state index is 12.7. The summed E-state index contributed by atoms with van der Waals surface area (Å²) in [5.74, 6) is 0.190. The highest BCUT2D eigenvalue weighted by molar-refractivity contribution is 5.54. The zero-order valence-electron chi connectivity index (χ0n) is 11.5. The molecule has 0 bridgehead atoms. The van der Waals surface area contributed by atoms with Crippen LogP contribution in [0.3, 0.4) is 0 Å². The molecule has 1 aliphatic rings. The van der Waals surface area contributed by atoms with Gasteiger partial charge in [-0.3, -0.25) is 0 Å². The van der Waals surface area contributed by atoms with Crippen molar-refractivity contribution in [3.8, 4) is 5.75 Å². The molecule has 1 heterocycles. The van der Waals surface area contributed by atoms with Crippen LogP contribution in [0.15, 0.2) is 23.3 Å². The summed E-state index contributed by atoms with van der Waals surface area (Å²) in [6.07, 6.45) is -2.99. The Morgan fingerprint density at radius 2 is 2.00 bits per heavy atom. The Hall–Kier alpha value is -1.92. The monoisotopic (exact) mass is 300 g/mol. The first-order valence-corrected chi connectivity index (χ1v) is 6.51. The molecule has 0 amide bonds. The van der Waals surface area contributed by atoms with Crippen molar-refractivity contribution in [2.45, 2.75) is 25.1 Å². The van der Waals surface area contributed by atoms with Crippen molar-refractivity contribution in [2.75, 3.05) is 20.1 Å². The predicted octanol–water partition coefficient (Wildman–Crippen LogP) is 4.12. The van der Waals surface area contributed by atoms with Gasteiger partial charge in [0.15, 0.2) is 0 Å². The normalized spacial score (nSPS) is 17.3. The highest BCUT2D eigenvalue weighted by atomic mass is 19.4. The summed E-state index contributed by atoms with van der Waals surface area (Å²) in [5.41, 5.74) is 7.50. The molecule has 1 aliphatic heterocycles. The van der Waals surface area contributed by atoms with E-state index in [1.165, 1.54) is 6.07 Å². The zero-order valence-corrected chi connectivity index (χ0v) is 11.5. The number of alkyl halides is 3. The Morgan fingerprint density at radius 1 is 1.33 bits per heavy atom. The van der Waals surface area contributed by atoms with Crippen molar-refractivity contribution in [2.24, 2.45) is 5.11 Å². The maximum Gasteiger partial charge on any atom is 0.416 e. The highest BCUT2D eigenvalue weighted by Gasteiger charge is 2.31. The average molecular weight is 300 g/mol. The third-order valence-corrected chi connectivity index (χ3v) is 3.40. The molecule has 8 heteroatoms. The number of hydrogen-bond donors (Lipinski definition) is 0. The van der Waals surface area contributed by atoms with Gasteiger partial charge in [0.25, 0.3) is 0 Å². The molecule has 114 valence electrons. The van der Waals surface area contributed by atoms with Gasteiger partial charge in [0.1, 0.15) is 11.9 Å². The van der Waals surface area contributed by atoms with Crippen LogP contribution < -0.4 is 4.74 Å². The highest BCUT2D eigenvalue weighted by Crippen LogP contribution is 2.37. The smallest absolute Gasteiger partial charge is 0.416 e. The average Bonchev–Trinajstić information content (AvgIpc) is 2.42. The summed E-state index contributed by atoms with van der Waals surface area (Å²) in [6.45, 7) is 1.73. The second-order valence-electron chi connectivity index (χ2n) is 4.99. The van der Waals surface area contributed by atoms with Crippen molar-refractivity contribution in [1.82, 2.24) is 4.90 Å². The van der Waals surface area contributed by atoms with Gasteiger partial charge in [0.2, 0.25) is 0 Å². The van der Waals surface area contributed by atoms with Gasteiger partial charge in [-0.05, 0) is 43.6 Å². The summed E-state index contributed by atoms with van der Waals surface area (Å²) >= 11 is 0. The lowest BCUT2D eigenvalue weighted by molar-refractivity contribution is -0.137. The number of halogens is 3. The van der Waals surface area contributed by atoms with E-state index in [1.807, 2.05) is 7.05 Å². The second kappa shape index (κ2) is 6.24. The molecule has 0 atom stereocenters. The number of benzene rings is 1. The van der Waals surface area contributed by atoms with Gasteiger partial charge in [0, 0.05) is 18.0 Å². The first kappa shape index (κ1) is 15.5. The third-order valence-electron chi connectivity index (χ3n) is 3.40. The van der Waals surface area contributed by atoms with E-state index in [1.54, 1.807) is 0 Å². The summed E-state index contributed by atoms with van der Waals surface area (Å²) in [7, 11) is 2.00. The molecule has 1 aromatic rings. The molecule has 0 unspecified atom stereocenters. The molecule has 0 spiro atoms.